The van der Waals surface area contributed by atoms with Gasteiger partial charge in [0.25, 0.3) is 0 Å². The lowest BCUT2D eigenvalue weighted by molar-refractivity contribution is -0.120. The molecule has 4 rings (SSSR count). The quantitative estimate of drug-likeness (QED) is 0.685. The number of hydrogen-bond acceptors (Lipinski definition) is 2. The molecule has 0 aromatic heterocycles. The summed E-state index contributed by atoms with van der Waals surface area (Å²) in [6, 6.07) is 8.38. The topological polar surface area (TPSA) is 32.7 Å². The Balaban J connectivity index is 1.83. The number of halogens is 2. The van der Waals surface area contributed by atoms with Crippen LogP contribution in [0.25, 0.3) is 0 Å². The van der Waals surface area contributed by atoms with Gasteiger partial charge in [0, 0.05) is 10.7 Å². The maximum Gasteiger partial charge on any atom is 0.236 e. The second kappa shape index (κ2) is 6.51. The summed E-state index contributed by atoms with van der Waals surface area (Å²) < 4.78 is 13.4. The smallest absolute Gasteiger partial charge is 0.236 e. The molecule has 0 saturated heterocycles. The Bertz CT molecular complexity index is 938. The Kier molecular flexibility index (Phi) is 4.31. The molecular weight excluding hydrogens is 351 g/mol. The largest absolute Gasteiger partial charge is 0.305 e. The van der Waals surface area contributed by atoms with E-state index >= 15 is 0 Å². The van der Waals surface area contributed by atoms with Gasteiger partial charge in [-0.1, -0.05) is 17.7 Å². The van der Waals surface area contributed by atoms with E-state index in [0.29, 0.717) is 11.6 Å². The van der Waals surface area contributed by atoms with Crippen molar-refractivity contribution < 1.29 is 9.18 Å². The molecule has 1 atom stereocenters. The van der Waals surface area contributed by atoms with Crippen molar-refractivity contribution >= 4 is 34.6 Å². The van der Waals surface area contributed by atoms with Gasteiger partial charge in [-0.3, -0.25) is 9.79 Å². The van der Waals surface area contributed by atoms with E-state index in [1.54, 1.807) is 11.0 Å². The van der Waals surface area contributed by atoms with E-state index in [4.69, 9.17) is 16.6 Å². The van der Waals surface area contributed by atoms with Crippen molar-refractivity contribution in [3.05, 3.63) is 57.9 Å². The van der Waals surface area contributed by atoms with Crippen LogP contribution in [-0.4, -0.2) is 11.6 Å². The standard InChI is InChI=1S/C21H20ClFN2O/c1-12-8-19-20(9-13(12)2)25(11-14-6-7-15(23)10-17(14)22)21(26)16-4-3-5-18(16)24-19/h6-10,16H,3-5,11H2,1-2H3/t16-/m1/s1. The van der Waals surface area contributed by atoms with Crippen molar-refractivity contribution in [3.63, 3.8) is 0 Å². The van der Waals surface area contributed by atoms with Gasteiger partial charge >= 0.3 is 0 Å². The molecule has 3 nitrogen and oxygen atoms in total. The summed E-state index contributed by atoms with van der Waals surface area (Å²) in [6.07, 6.45) is 2.69. The van der Waals surface area contributed by atoms with E-state index < -0.39 is 0 Å². The number of carbonyl (C=O) groups excluding carboxylic acids is 1. The van der Waals surface area contributed by atoms with Crippen LogP contribution in [0.1, 0.15) is 36.0 Å². The first kappa shape index (κ1) is 17.2. The number of nitrogens with zero attached hydrogens (tertiary/aromatic N) is 2. The molecule has 1 aliphatic heterocycles. The van der Waals surface area contributed by atoms with Gasteiger partial charge in [-0.05, 0) is 74.1 Å². The van der Waals surface area contributed by atoms with Crippen molar-refractivity contribution in [1.29, 1.82) is 0 Å². The van der Waals surface area contributed by atoms with Crippen LogP contribution in [0, 0.1) is 25.6 Å². The van der Waals surface area contributed by atoms with E-state index in [9.17, 15) is 9.18 Å². The number of aliphatic imine (C=N–C) groups is 1. The average Bonchev–Trinajstić information content (AvgIpc) is 3.02. The number of benzene rings is 2. The first-order valence-electron chi connectivity index (χ1n) is 8.88. The second-order valence-electron chi connectivity index (χ2n) is 7.13. The SMILES string of the molecule is Cc1cc2c(cc1C)N(Cc1ccc(F)cc1Cl)C(=O)[C@@H]1CCCC1=N2. The summed E-state index contributed by atoms with van der Waals surface area (Å²) in [7, 11) is 0. The number of rotatable bonds is 2. The number of aryl methyl sites for hydroxylation is 2. The van der Waals surface area contributed by atoms with E-state index in [1.807, 2.05) is 19.1 Å². The molecule has 2 aliphatic rings. The third-order valence-electron chi connectivity index (χ3n) is 5.38. The molecule has 1 saturated carbocycles. The summed E-state index contributed by atoms with van der Waals surface area (Å²) in [5.41, 5.74) is 5.61. The number of fused-ring (bicyclic) bond motifs is 2. The minimum Gasteiger partial charge on any atom is -0.305 e. The van der Waals surface area contributed by atoms with Crippen molar-refractivity contribution in [3.8, 4) is 0 Å². The number of amides is 1. The van der Waals surface area contributed by atoms with E-state index in [1.165, 1.54) is 12.1 Å². The second-order valence-corrected chi connectivity index (χ2v) is 7.54. The number of anilines is 1. The van der Waals surface area contributed by atoms with Crippen LogP contribution in [-0.2, 0) is 11.3 Å². The fourth-order valence-electron chi connectivity index (χ4n) is 3.76. The highest BCUT2D eigenvalue weighted by atomic mass is 35.5. The molecule has 1 heterocycles. The summed E-state index contributed by atoms with van der Waals surface area (Å²) in [4.78, 5) is 19.9. The van der Waals surface area contributed by atoms with Gasteiger partial charge in [0.2, 0.25) is 5.91 Å². The molecule has 2 aromatic carbocycles. The van der Waals surface area contributed by atoms with Gasteiger partial charge in [0.15, 0.2) is 0 Å². The zero-order valence-electron chi connectivity index (χ0n) is 14.9. The van der Waals surface area contributed by atoms with Crippen LogP contribution < -0.4 is 4.90 Å². The van der Waals surface area contributed by atoms with Crippen LogP contribution in [0.4, 0.5) is 15.8 Å². The molecule has 0 bridgehead atoms. The Morgan fingerprint density at radius 2 is 2.00 bits per heavy atom. The highest BCUT2D eigenvalue weighted by molar-refractivity contribution is 6.31. The minimum absolute atomic E-state index is 0.0589. The van der Waals surface area contributed by atoms with Crippen LogP contribution in [0.3, 0.4) is 0 Å². The lowest BCUT2D eigenvalue weighted by Gasteiger charge is -2.26. The summed E-state index contributed by atoms with van der Waals surface area (Å²) in [5, 5.41) is 0.333. The predicted molar refractivity (Wildman–Crippen MR) is 103 cm³/mol. The normalized spacial score (nSPS) is 19.1. The van der Waals surface area contributed by atoms with Crippen LogP contribution in [0.2, 0.25) is 5.02 Å². The molecule has 0 spiro atoms. The molecule has 5 heteroatoms. The molecular formula is C21H20ClFN2O. The first-order chi connectivity index (χ1) is 12.4. The van der Waals surface area contributed by atoms with Gasteiger partial charge in [-0.2, -0.15) is 0 Å². The van der Waals surface area contributed by atoms with Crippen molar-refractivity contribution in [1.82, 2.24) is 0 Å². The molecule has 0 N–H and O–H groups in total. The Labute approximate surface area is 157 Å². The van der Waals surface area contributed by atoms with E-state index in [2.05, 4.69) is 6.92 Å². The van der Waals surface area contributed by atoms with Crippen LogP contribution in [0.5, 0.6) is 0 Å². The van der Waals surface area contributed by atoms with E-state index in [-0.39, 0.29) is 17.6 Å². The highest BCUT2D eigenvalue weighted by Crippen LogP contribution is 2.40. The maximum atomic E-state index is 13.4. The van der Waals surface area contributed by atoms with Gasteiger partial charge in [0.05, 0.1) is 23.8 Å². The van der Waals surface area contributed by atoms with Crippen molar-refractivity contribution in [2.45, 2.75) is 39.7 Å². The number of hydrogen-bond donors (Lipinski definition) is 0. The average molecular weight is 371 g/mol. The fraction of sp³-hybridized carbons (Fsp3) is 0.333. The monoisotopic (exact) mass is 370 g/mol. The lowest BCUT2D eigenvalue weighted by atomic mass is 10.0. The number of carbonyl (C=O) groups is 1. The molecule has 26 heavy (non-hydrogen) atoms. The summed E-state index contributed by atoms with van der Waals surface area (Å²) in [6.45, 7) is 4.39. The molecule has 1 fully saturated rings. The van der Waals surface area contributed by atoms with Crippen LogP contribution in [0.15, 0.2) is 35.3 Å². The van der Waals surface area contributed by atoms with Gasteiger partial charge in [-0.15, -0.1) is 0 Å². The van der Waals surface area contributed by atoms with E-state index in [0.717, 1.165) is 53.0 Å². The summed E-state index contributed by atoms with van der Waals surface area (Å²) >= 11 is 6.23. The van der Waals surface area contributed by atoms with Gasteiger partial charge in [0.1, 0.15) is 5.82 Å². The maximum absolute atomic E-state index is 13.4. The Hall–Kier alpha value is -2.20. The third kappa shape index (κ3) is 2.92. The van der Waals surface area contributed by atoms with Gasteiger partial charge < -0.3 is 4.90 Å². The highest BCUT2D eigenvalue weighted by Gasteiger charge is 2.36. The van der Waals surface area contributed by atoms with Gasteiger partial charge in [-0.25, -0.2) is 4.39 Å². The fourth-order valence-corrected chi connectivity index (χ4v) is 3.99. The zero-order chi connectivity index (χ0) is 18.4. The lowest BCUT2D eigenvalue weighted by Crippen LogP contribution is -2.36. The van der Waals surface area contributed by atoms with Crippen molar-refractivity contribution in [2.24, 2.45) is 10.9 Å². The Morgan fingerprint density at radius 3 is 2.77 bits per heavy atom. The molecule has 1 amide bonds. The zero-order valence-corrected chi connectivity index (χ0v) is 15.6. The first-order valence-corrected chi connectivity index (χ1v) is 9.26. The molecule has 134 valence electrons. The molecule has 1 aliphatic carbocycles. The third-order valence-corrected chi connectivity index (χ3v) is 5.73. The minimum atomic E-state index is -0.380. The predicted octanol–water partition coefficient (Wildman–Crippen LogP) is 5.52. The van der Waals surface area contributed by atoms with Crippen LogP contribution >= 0.6 is 11.6 Å². The molecule has 0 unspecified atom stereocenters. The summed E-state index contributed by atoms with van der Waals surface area (Å²) in [5.74, 6) is -0.486. The molecule has 0 radical (unpaired) electrons. The Morgan fingerprint density at radius 1 is 1.23 bits per heavy atom. The van der Waals surface area contributed by atoms with Crippen molar-refractivity contribution in [2.75, 3.05) is 4.90 Å². The molecule has 2 aromatic rings.